The number of carbonyl (C=O) groups is 2. The minimum Gasteiger partial charge on any atom is -0.323 e. The van der Waals surface area contributed by atoms with Gasteiger partial charge in [0.05, 0.1) is 5.69 Å². The highest BCUT2D eigenvalue weighted by atomic mass is 16.2. The molecule has 0 aromatic heterocycles. The molecule has 2 fully saturated rings. The lowest BCUT2D eigenvalue weighted by molar-refractivity contribution is -0.117. The third kappa shape index (κ3) is 3.65. The fourth-order valence-corrected chi connectivity index (χ4v) is 5.05. The highest BCUT2D eigenvalue weighted by Crippen LogP contribution is 2.38. The largest absolute Gasteiger partial charge is 0.323 e. The molecule has 1 atom stereocenters. The van der Waals surface area contributed by atoms with E-state index < -0.39 is 0 Å². The number of benzene rings is 2. The fourth-order valence-electron chi connectivity index (χ4n) is 5.05. The summed E-state index contributed by atoms with van der Waals surface area (Å²) in [6.07, 6.45) is 8.38. The molecule has 30 heavy (non-hydrogen) atoms. The number of para-hydroxylation sites is 1. The Labute approximate surface area is 177 Å². The third-order valence-corrected chi connectivity index (χ3v) is 6.52. The normalized spacial score (nSPS) is 21.1. The number of rotatable bonds is 4. The first-order valence-corrected chi connectivity index (χ1v) is 10.9. The van der Waals surface area contributed by atoms with Crippen LogP contribution in [-0.2, 0) is 16.0 Å². The Kier molecular flexibility index (Phi) is 5.13. The molecule has 0 radical (unpaired) electrons. The molecule has 0 aliphatic carbocycles. The van der Waals surface area contributed by atoms with Crippen LogP contribution in [0.15, 0.2) is 48.5 Å². The zero-order chi connectivity index (χ0) is 20.5. The minimum absolute atomic E-state index is 0.148. The molecule has 154 valence electrons. The van der Waals surface area contributed by atoms with E-state index in [0.717, 1.165) is 42.9 Å². The van der Waals surface area contributed by atoms with Crippen LogP contribution in [-0.4, -0.2) is 36.3 Å². The third-order valence-electron chi connectivity index (χ3n) is 6.52. The molecular formula is C25H27N3O2. The molecule has 0 spiro atoms. The van der Waals surface area contributed by atoms with Crippen LogP contribution in [0.3, 0.4) is 0 Å². The molecule has 2 saturated heterocycles. The van der Waals surface area contributed by atoms with Crippen molar-refractivity contribution in [3.63, 3.8) is 0 Å². The van der Waals surface area contributed by atoms with Crippen molar-refractivity contribution in [2.45, 2.75) is 38.1 Å². The number of hydrogen-bond donors (Lipinski definition) is 1. The maximum atomic E-state index is 12.6. The van der Waals surface area contributed by atoms with Gasteiger partial charge in [-0.1, -0.05) is 24.3 Å². The van der Waals surface area contributed by atoms with E-state index >= 15 is 0 Å². The van der Waals surface area contributed by atoms with Crippen molar-refractivity contribution >= 4 is 29.3 Å². The van der Waals surface area contributed by atoms with Gasteiger partial charge in [-0.3, -0.25) is 14.5 Å². The number of anilines is 2. The SMILES string of the molecule is O=C(C=Cc1ccccc1N1CCCC1=O)Nc1ccc2c(c1)C1CCCN1CC2. The summed E-state index contributed by atoms with van der Waals surface area (Å²) in [7, 11) is 0. The van der Waals surface area contributed by atoms with E-state index in [2.05, 4.69) is 22.3 Å². The zero-order valence-corrected chi connectivity index (χ0v) is 17.1. The van der Waals surface area contributed by atoms with E-state index in [1.54, 1.807) is 12.2 Å². The van der Waals surface area contributed by atoms with Crippen LogP contribution in [0, 0.1) is 0 Å². The highest BCUT2D eigenvalue weighted by molar-refractivity contribution is 6.03. The van der Waals surface area contributed by atoms with Crippen LogP contribution in [0.4, 0.5) is 11.4 Å². The van der Waals surface area contributed by atoms with E-state index in [-0.39, 0.29) is 11.8 Å². The number of carbonyl (C=O) groups excluding carboxylic acids is 2. The van der Waals surface area contributed by atoms with Gasteiger partial charge >= 0.3 is 0 Å². The van der Waals surface area contributed by atoms with Gasteiger partial charge in [0.15, 0.2) is 0 Å². The van der Waals surface area contributed by atoms with Crippen molar-refractivity contribution in [3.8, 4) is 0 Å². The van der Waals surface area contributed by atoms with Crippen LogP contribution in [0.2, 0.25) is 0 Å². The van der Waals surface area contributed by atoms with Crippen LogP contribution in [0.5, 0.6) is 0 Å². The summed E-state index contributed by atoms with van der Waals surface area (Å²) in [5, 5.41) is 3.02. The topological polar surface area (TPSA) is 52.7 Å². The van der Waals surface area contributed by atoms with Crippen LogP contribution >= 0.6 is 0 Å². The van der Waals surface area contributed by atoms with Crippen LogP contribution in [0.1, 0.15) is 48.4 Å². The predicted molar refractivity (Wildman–Crippen MR) is 119 cm³/mol. The number of amides is 2. The number of fused-ring (bicyclic) bond motifs is 3. The number of nitrogens with one attached hydrogen (secondary N) is 1. The first-order valence-electron chi connectivity index (χ1n) is 10.9. The van der Waals surface area contributed by atoms with Crippen LogP contribution < -0.4 is 10.2 Å². The van der Waals surface area contributed by atoms with Crippen molar-refractivity contribution in [3.05, 3.63) is 65.2 Å². The molecule has 1 unspecified atom stereocenters. The monoisotopic (exact) mass is 401 g/mol. The highest BCUT2D eigenvalue weighted by Gasteiger charge is 2.31. The second-order valence-corrected chi connectivity index (χ2v) is 8.39. The van der Waals surface area contributed by atoms with Gasteiger partial charge in [-0.05, 0) is 73.2 Å². The van der Waals surface area contributed by atoms with Gasteiger partial charge < -0.3 is 10.2 Å². The second-order valence-electron chi connectivity index (χ2n) is 8.39. The molecule has 5 heteroatoms. The van der Waals surface area contributed by atoms with Gasteiger partial charge in [-0.15, -0.1) is 0 Å². The summed E-state index contributed by atoms with van der Waals surface area (Å²) in [6, 6.07) is 14.6. The predicted octanol–water partition coefficient (Wildman–Crippen LogP) is 4.16. The quantitative estimate of drug-likeness (QED) is 0.783. The molecule has 5 nitrogen and oxygen atoms in total. The van der Waals surface area contributed by atoms with Gasteiger partial charge in [0, 0.05) is 37.3 Å². The molecule has 2 aromatic carbocycles. The van der Waals surface area contributed by atoms with Gasteiger partial charge in [0.1, 0.15) is 0 Å². The van der Waals surface area contributed by atoms with Crippen molar-refractivity contribution < 1.29 is 9.59 Å². The summed E-state index contributed by atoms with van der Waals surface area (Å²) in [6.45, 7) is 3.07. The maximum absolute atomic E-state index is 12.6. The van der Waals surface area contributed by atoms with E-state index in [1.807, 2.05) is 35.2 Å². The Morgan fingerprint density at radius 1 is 1.03 bits per heavy atom. The Bertz CT molecular complexity index is 1010. The molecule has 3 aliphatic heterocycles. The van der Waals surface area contributed by atoms with E-state index in [0.29, 0.717) is 12.5 Å². The summed E-state index contributed by atoms with van der Waals surface area (Å²) in [5.41, 5.74) is 5.39. The molecular weight excluding hydrogens is 374 g/mol. The lowest BCUT2D eigenvalue weighted by Crippen LogP contribution is -2.30. The Balaban J connectivity index is 1.31. The van der Waals surface area contributed by atoms with Gasteiger partial charge in [-0.25, -0.2) is 0 Å². The molecule has 1 N–H and O–H groups in total. The van der Waals surface area contributed by atoms with E-state index in [4.69, 9.17) is 0 Å². The van der Waals surface area contributed by atoms with Crippen molar-refractivity contribution in [1.82, 2.24) is 4.90 Å². The molecule has 5 rings (SSSR count). The van der Waals surface area contributed by atoms with Gasteiger partial charge in [0.2, 0.25) is 11.8 Å². The summed E-state index contributed by atoms with van der Waals surface area (Å²) < 4.78 is 0. The Morgan fingerprint density at radius 3 is 2.80 bits per heavy atom. The molecule has 3 heterocycles. The average Bonchev–Trinajstić information content (AvgIpc) is 3.41. The van der Waals surface area contributed by atoms with Gasteiger partial charge in [-0.2, -0.15) is 0 Å². The van der Waals surface area contributed by atoms with Crippen molar-refractivity contribution in [2.75, 3.05) is 29.9 Å². The van der Waals surface area contributed by atoms with Gasteiger partial charge in [0.25, 0.3) is 0 Å². The smallest absolute Gasteiger partial charge is 0.248 e. The minimum atomic E-state index is -0.156. The molecule has 0 bridgehead atoms. The molecule has 2 amide bonds. The second kappa shape index (κ2) is 8.07. The summed E-state index contributed by atoms with van der Waals surface area (Å²) in [5.74, 6) is -0.00749. The van der Waals surface area contributed by atoms with E-state index in [1.165, 1.54) is 30.5 Å². The lowest BCUT2D eigenvalue weighted by Gasteiger charge is -2.32. The average molecular weight is 402 g/mol. The van der Waals surface area contributed by atoms with E-state index in [9.17, 15) is 9.59 Å². The fraction of sp³-hybridized carbons (Fsp3) is 0.360. The van der Waals surface area contributed by atoms with Crippen molar-refractivity contribution in [1.29, 1.82) is 0 Å². The zero-order valence-electron chi connectivity index (χ0n) is 17.1. The Hall–Kier alpha value is -2.92. The van der Waals surface area contributed by atoms with Crippen LogP contribution in [0.25, 0.3) is 6.08 Å². The lowest BCUT2D eigenvalue weighted by atomic mass is 9.92. The Morgan fingerprint density at radius 2 is 1.93 bits per heavy atom. The summed E-state index contributed by atoms with van der Waals surface area (Å²) >= 11 is 0. The maximum Gasteiger partial charge on any atom is 0.248 e. The molecule has 3 aliphatic rings. The molecule has 0 saturated carbocycles. The first kappa shape index (κ1) is 19.1. The first-order chi connectivity index (χ1) is 14.7. The molecule has 2 aromatic rings. The number of hydrogen-bond acceptors (Lipinski definition) is 3. The standard InChI is InChI=1S/C25H27N3O2/c29-24(12-10-19-5-1-2-6-22(19)28-15-4-8-25(28)30)26-20-11-9-18-13-16-27-14-3-7-23(27)21(18)17-20/h1-2,5-6,9-12,17,23H,3-4,7-8,13-16H2,(H,26,29). The number of nitrogens with zero attached hydrogens (tertiary/aromatic N) is 2. The summed E-state index contributed by atoms with van der Waals surface area (Å²) in [4.78, 5) is 29.1. The van der Waals surface area contributed by atoms with Crippen molar-refractivity contribution in [2.24, 2.45) is 0 Å².